The molecule has 1 fully saturated rings. The zero-order chi connectivity index (χ0) is 20.2. The SMILES string of the molecule is CCNC(=NCCc1ccc(OCC)c(OCC)c1)NCCNC(=O)C1CC1. The third kappa shape index (κ3) is 7.66. The Morgan fingerprint density at radius 1 is 1.04 bits per heavy atom. The number of carbonyl (C=O) groups excluding carboxylic acids is 1. The van der Waals surface area contributed by atoms with Gasteiger partial charge in [0.25, 0.3) is 0 Å². The fourth-order valence-electron chi connectivity index (χ4n) is 2.75. The Hall–Kier alpha value is -2.44. The van der Waals surface area contributed by atoms with E-state index in [-0.39, 0.29) is 11.8 Å². The van der Waals surface area contributed by atoms with E-state index in [2.05, 4.69) is 27.0 Å². The van der Waals surface area contributed by atoms with Gasteiger partial charge < -0.3 is 25.4 Å². The third-order valence-electron chi connectivity index (χ3n) is 4.29. The van der Waals surface area contributed by atoms with Crippen molar-refractivity contribution in [1.29, 1.82) is 0 Å². The van der Waals surface area contributed by atoms with Crippen LogP contribution < -0.4 is 25.4 Å². The van der Waals surface area contributed by atoms with Crippen LogP contribution in [0.25, 0.3) is 0 Å². The lowest BCUT2D eigenvalue weighted by Crippen LogP contribution is -2.41. The zero-order valence-corrected chi connectivity index (χ0v) is 17.3. The molecule has 0 bridgehead atoms. The van der Waals surface area contributed by atoms with Crippen LogP contribution in [0.5, 0.6) is 11.5 Å². The van der Waals surface area contributed by atoms with Gasteiger partial charge in [0.15, 0.2) is 17.5 Å². The Bertz CT molecular complexity index is 645. The second-order valence-electron chi connectivity index (χ2n) is 6.65. The minimum absolute atomic E-state index is 0.171. The molecule has 2 rings (SSSR count). The largest absolute Gasteiger partial charge is 0.490 e. The maximum atomic E-state index is 11.6. The van der Waals surface area contributed by atoms with E-state index in [1.54, 1.807) is 0 Å². The number of nitrogens with one attached hydrogen (secondary N) is 3. The number of nitrogens with zero attached hydrogens (tertiary/aromatic N) is 1. The molecule has 0 heterocycles. The van der Waals surface area contributed by atoms with Crippen molar-refractivity contribution in [2.45, 2.75) is 40.0 Å². The molecule has 7 nitrogen and oxygen atoms in total. The highest BCUT2D eigenvalue weighted by Gasteiger charge is 2.28. The summed E-state index contributed by atoms with van der Waals surface area (Å²) in [6.45, 7) is 9.89. The molecule has 1 amide bonds. The lowest BCUT2D eigenvalue weighted by molar-refractivity contribution is -0.122. The molecule has 1 aliphatic rings. The molecule has 7 heteroatoms. The van der Waals surface area contributed by atoms with E-state index in [4.69, 9.17) is 9.47 Å². The number of benzene rings is 1. The molecule has 0 spiro atoms. The van der Waals surface area contributed by atoms with Crippen molar-refractivity contribution >= 4 is 11.9 Å². The van der Waals surface area contributed by atoms with E-state index in [0.717, 1.165) is 48.8 Å². The van der Waals surface area contributed by atoms with Crippen LogP contribution in [0.4, 0.5) is 0 Å². The molecule has 3 N–H and O–H groups in total. The fourth-order valence-corrected chi connectivity index (χ4v) is 2.75. The number of amides is 1. The van der Waals surface area contributed by atoms with Crippen LogP contribution in [0.2, 0.25) is 0 Å². The van der Waals surface area contributed by atoms with Crippen LogP contribution in [0.1, 0.15) is 39.2 Å². The first kappa shape index (κ1) is 21.9. The predicted molar refractivity (Wildman–Crippen MR) is 112 cm³/mol. The summed E-state index contributed by atoms with van der Waals surface area (Å²) in [5, 5.41) is 9.44. The third-order valence-corrected chi connectivity index (χ3v) is 4.29. The lowest BCUT2D eigenvalue weighted by atomic mass is 10.1. The number of hydrogen-bond donors (Lipinski definition) is 3. The smallest absolute Gasteiger partial charge is 0.223 e. The highest BCUT2D eigenvalue weighted by Crippen LogP contribution is 2.29. The Balaban J connectivity index is 1.81. The van der Waals surface area contributed by atoms with Gasteiger partial charge in [0.1, 0.15) is 0 Å². The van der Waals surface area contributed by atoms with Gasteiger partial charge >= 0.3 is 0 Å². The Morgan fingerprint density at radius 2 is 1.75 bits per heavy atom. The summed E-state index contributed by atoms with van der Waals surface area (Å²) in [6.07, 6.45) is 2.86. The van der Waals surface area contributed by atoms with Gasteiger partial charge in [-0.2, -0.15) is 0 Å². The van der Waals surface area contributed by atoms with Gasteiger partial charge in [-0.1, -0.05) is 6.07 Å². The maximum Gasteiger partial charge on any atom is 0.223 e. The predicted octanol–water partition coefficient (Wildman–Crippen LogP) is 2.11. The van der Waals surface area contributed by atoms with E-state index >= 15 is 0 Å². The van der Waals surface area contributed by atoms with Crippen molar-refractivity contribution in [2.24, 2.45) is 10.9 Å². The summed E-state index contributed by atoms with van der Waals surface area (Å²) in [4.78, 5) is 16.3. The standard InChI is InChI=1S/C21H34N4O3/c1-4-22-21(25-14-13-23-20(26)17-8-9-17)24-12-11-16-7-10-18(27-5-2)19(15-16)28-6-3/h7,10,15,17H,4-6,8-9,11-14H2,1-3H3,(H,23,26)(H2,22,24,25). The second-order valence-corrected chi connectivity index (χ2v) is 6.65. The number of rotatable bonds is 12. The monoisotopic (exact) mass is 390 g/mol. The van der Waals surface area contributed by atoms with Gasteiger partial charge in [0.2, 0.25) is 5.91 Å². The van der Waals surface area contributed by atoms with E-state index in [1.165, 1.54) is 0 Å². The van der Waals surface area contributed by atoms with Crippen molar-refractivity contribution in [3.63, 3.8) is 0 Å². The van der Waals surface area contributed by atoms with E-state index in [1.807, 2.05) is 32.9 Å². The van der Waals surface area contributed by atoms with Gasteiger partial charge in [-0.25, -0.2) is 0 Å². The Labute approximate surface area is 168 Å². The first-order chi connectivity index (χ1) is 13.7. The molecular formula is C21H34N4O3. The number of ether oxygens (including phenoxy) is 2. The van der Waals surface area contributed by atoms with Gasteiger partial charge in [0.05, 0.1) is 13.2 Å². The second kappa shape index (κ2) is 12.1. The number of aliphatic imine (C=N–C) groups is 1. The van der Waals surface area contributed by atoms with Crippen molar-refractivity contribution < 1.29 is 14.3 Å². The fraction of sp³-hybridized carbons (Fsp3) is 0.619. The summed E-state index contributed by atoms with van der Waals surface area (Å²) in [6, 6.07) is 6.04. The summed E-state index contributed by atoms with van der Waals surface area (Å²) in [5.74, 6) is 2.74. The van der Waals surface area contributed by atoms with Crippen LogP contribution in [-0.2, 0) is 11.2 Å². The van der Waals surface area contributed by atoms with Crippen LogP contribution in [-0.4, -0.2) is 51.3 Å². The molecule has 1 aromatic rings. The first-order valence-corrected chi connectivity index (χ1v) is 10.4. The van der Waals surface area contributed by atoms with Crippen molar-refractivity contribution in [3.8, 4) is 11.5 Å². The number of carbonyl (C=O) groups is 1. The van der Waals surface area contributed by atoms with Crippen molar-refractivity contribution in [2.75, 3.05) is 39.4 Å². The van der Waals surface area contributed by atoms with E-state index < -0.39 is 0 Å². The van der Waals surface area contributed by atoms with Crippen molar-refractivity contribution in [1.82, 2.24) is 16.0 Å². The lowest BCUT2D eigenvalue weighted by Gasteiger charge is -2.13. The minimum Gasteiger partial charge on any atom is -0.490 e. The highest BCUT2D eigenvalue weighted by molar-refractivity contribution is 5.81. The molecule has 0 radical (unpaired) electrons. The van der Waals surface area contributed by atoms with Gasteiger partial charge in [-0.3, -0.25) is 9.79 Å². The summed E-state index contributed by atoms with van der Waals surface area (Å²) in [7, 11) is 0. The van der Waals surface area contributed by atoms with Gasteiger partial charge in [-0.15, -0.1) is 0 Å². The summed E-state index contributed by atoms with van der Waals surface area (Å²) in [5.41, 5.74) is 1.16. The van der Waals surface area contributed by atoms with Crippen LogP contribution in [0.15, 0.2) is 23.2 Å². The topological polar surface area (TPSA) is 84.0 Å². The normalized spacial score (nSPS) is 13.8. The molecule has 28 heavy (non-hydrogen) atoms. The summed E-state index contributed by atoms with van der Waals surface area (Å²) < 4.78 is 11.3. The van der Waals surface area contributed by atoms with Crippen LogP contribution >= 0.6 is 0 Å². The maximum absolute atomic E-state index is 11.6. The van der Waals surface area contributed by atoms with E-state index in [0.29, 0.717) is 32.8 Å². The Kier molecular flexibility index (Phi) is 9.45. The molecule has 0 saturated heterocycles. The molecule has 0 atom stereocenters. The molecule has 0 aliphatic heterocycles. The molecule has 1 aromatic carbocycles. The molecule has 0 aromatic heterocycles. The minimum atomic E-state index is 0.171. The van der Waals surface area contributed by atoms with Gasteiger partial charge in [0, 0.05) is 32.1 Å². The number of guanidine groups is 1. The van der Waals surface area contributed by atoms with Gasteiger partial charge in [-0.05, 0) is 57.7 Å². The highest BCUT2D eigenvalue weighted by atomic mass is 16.5. The average Bonchev–Trinajstić information content (AvgIpc) is 3.52. The zero-order valence-electron chi connectivity index (χ0n) is 17.3. The van der Waals surface area contributed by atoms with E-state index in [9.17, 15) is 4.79 Å². The first-order valence-electron chi connectivity index (χ1n) is 10.4. The molecule has 1 aliphatic carbocycles. The van der Waals surface area contributed by atoms with Crippen LogP contribution in [0.3, 0.4) is 0 Å². The average molecular weight is 391 g/mol. The Morgan fingerprint density at radius 3 is 2.43 bits per heavy atom. The molecular weight excluding hydrogens is 356 g/mol. The molecule has 1 saturated carbocycles. The molecule has 0 unspecified atom stereocenters. The van der Waals surface area contributed by atoms with Crippen molar-refractivity contribution in [3.05, 3.63) is 23.8 Å². The summed E-state index contributed by atoms with van der Waals surface area (Å²) >= 11 is 0. The number of hydrogen-bond acceptors (Lipinski definition) is 4. The molecule has 156 valence electrons. The van der Waals surface area contributed by atoms with Crippen LogP contribution in [0, 0.1) is 5.92 Å². The quantitative estimate of drug-likeness (QED) is 0.289.